The number of rotatable bonds is 5. The van der Waals surface area contributed by atoms with Gasteiger partial charge >= 0.3 is 0 Å². The Kier molecular flexibility index (Phi) is 5.43. The Bertz CT molecular complexity index is 1580. The monoisotopic (exact) mass is 488 g/mol. The number of aromatic hydroxyl groups is 1. The summed E-state index contributed by atoms with van der Waals surface area (Å²) in [5.41, 5.74) is 4.17. The van der Waals surface area contributed by atoms with Crippen LogP contribution in [-0.4, -0.2) is 53.1 Å². The number of aromatic amines is 1. The number of anilines is 1. The fourth-order valence-electron chi connectivity index (χ4n) is 4.57. The molecule has 0 atom stereocenters. The molecule has 0 aliphatic carbocycles. The van der Waals surface area contributed by atoms with Crippen molar-refractivity contribution < 1.29 is 14.6 Å². The lowest BCUT2D eigenvalue weighted by atomic mass is 10.1. The van der Waals surface area contributed by atoms with Crippen molar-refractivity contribution in [3.63, 3.8) is 0 Å². The molecular weight excluding hydrogens is 464 g/mol. The maximum atomic E-state index is 13.7. The average molecular weight is 489 g/mol. The number of hydrogen-bond donors (Lipinski definition) is 2. The number of fused-ring (bicyclic) bond motifs is 2. The summed E-state index contributed by atoms with van der Waals surface area (Å²) in [5.74, 6) is 1.07. The third-order valence-electron chi connectivity index (χ3n) is 6.42. The normalized spacial score (nSPS) is 14.1. The molecule has 1 aliphatic heterocycles. The predicted molar refractivity (Wildman–Crippen MR) is 138 cm³/mol. The number of pyridine rings is 1. The highest BCUT2D eigenvalue weighted by atomic mass is 32.1. The van der Waals surface area contributed by atoms with Gasteiger partial charge in [-0.25, -0.2) is 4.98 Å². The molecule has 1 aliphatic rings. The van der Waals surface area contributed by atoms with E-state index >= 15 is 0 Å². The molecule has 6 rings (SSSR count). The number of benzene rings is 2. The quantitative estimate of drug-likeness (QED) is 0.385. The molecule has 0 amide bonds. The van der Waals surface area contributed by atoms with Crippen molar-refractivity contribution >= 4 is 38.3 Å². The van der Waals surface area contributed by atoms with E-state index in [9.17, 15) is 9.90 Å². The molecule has 0 bridgehead atoms. The van der Waals surface area contributed by atoms with Crippen LogP contribution >= 0.6 is 11.3 Å². The molecular formula is C26H24N4O4S. The Hall–Kier alpha value is -3.82. The number of aromatic nitrogens is 3. The summed E-state index contributed by atoms with van der Waals surface area (Å²) >= 11 is 1.40. The number of imidazole rings is 1. The number of ether oxygens (including phenoxy) is 2. The summed E-state index contributed by atoms with van der Waals surface area (Å²) in [6.45, 7) is 3.44. The fourth-order valence-corrected chi connectivity index (χ4v) is 5.42. The van der Waals surface area contributed by atoms with Gasteiger partial charge in [0.2, 0.25) is 0 Å². The Morgan fingerprint density at radius 2 is 1.94 bits per heavy atom. The van der Waals surface area contributed by atoms with E-state index in [1.54, 1.807) is 11.7 Å². The number of methoxy groups -OCH3 is 1. The molecule has 0 unspecified atom stereocenters. The molecule has 0 radical (unpaired) electrons. The van der Waals surface area contributed by atoms with E-state index in [0.29, 0.717) is 35.8 Å². The van der Waals surface area contributed by atoms with Crippen molar-refractivity contribution in [1.29, 1.82) is 0 Å². The van der Waals surface area contributed by atoms with E-state index in [-0.39, 0.29) is 16.9 Å². The minimum absolute atomic E-state index is 0.0431. The standard InChI is InChI=1S/C26H24N4O4S/c1-33-18-5-2-16(3-6-18)15-30-21-8-13-35-24(21)23(31)22(26(30)32)25-27-19-7-4-17(14-20(19)28-25)29-9-11-34-12-10-29/h2-8,13-14,31H,9-12,15H2,1H3,(H,27,28). The van der Waals surface area contributed by atoms with E-state index in [2.05, 4.69) is 14.9 Å². The van der Waals surface area contributed by atoms with E-state index < -0.39 is 0 Å². The van der Waals surface area contributed by atoms with Crippen LogP contribution in [0.4, 0.5) is 5.69 Å². The number of H-pyrrole nitrogens is 1. The first-order valence-electron chi connectivity index (χ1n) is 11.4. The predicted octanol–water partition coefficient (Wildman–Crippen LogP) is 4.21. The fraction of sp³-hybridized carbons (Fsp3) is 0.231. The number of morpholine rings is 1. The van der Waals surface area contributed by atoms with Crippen molar-refractivity contribution in [2.75, 3.05) is 38.3 Å². The minimum Gasteiger partial charge on any atom is -0.505 e. The first-order valence-corrected chi connectivity index (χ1v) is 12.3. The van der Waals surface area contributed by atoms with E-state index in [1.165, 1.54) is 11.3 Å². The Morgan fingerprint density at radius 1 is 1.14 bits per heavy atom. The number of nitrogens with one attached hydrogen (secondary N) is 1. The third-order valence-corrected chi connectivity index (χ3v) is 7.33. The lowest BCUT2D eigenvalue weighted by molar-refractivity contribution is 0.122. The minimum atomic E-state index is -0.295. The van der Waals surface area contributed by atoms with Crippen LogP contribution in [0.25, 0.3) is 32.6 Å². The van der Waals surface area contributed by atoms with Crippen molar-refractivity contribution in [3.05, 3.63) is 69.8 Å². The first-order chi connectivity index (χ1) is 17.1. The summed E-state index contributed by atoms with van der Waals surface area (Å²) in [5, 5.41) is 13.0. The van der Waals surface area contributed by atoms with Gasteiger partial charge in [0.25, 0.3) is 5.56 Å². The second-order valence-corrected chi connectivity index (χ2v) is 9.40. The maximum Gasteiger partial charge on any atom is 0.266 e. The van der Waals surface area contributed by atoms with Gasteiger partial charge in [-0.1, -0.05) is 12.1 Å². The van der Waals surface area contributed by atoms with Crippen molar-refractivity contribution in [1.82, 2.24) is 14.5 Å². The molecule has 178 valence electrons. The largest absolute Gasteiger partial charge is 0.505 e. The van der Waals surface area contributed by atoms with Crippen LogP contribution in [0.2, 0.25) is 0 Å². The van der Waals surface area contributed by atoms with Gasteiger partial charge in [0, 0.05) is 18.8 Å². The van der Waals surface area contributed by atoms with Gasteiger partial charge in [-0.3, -0.25) is 4.79 Å². The van der Waals surface area contributed by atoms with Gasteiger partial charge < -0.3 is 29.0 Å². The summed E-state index contributed by atoms with van der Waals surface area (Å²) in [6, 6.07) is 15.5. The van der Waals surface area contributed by atoms with Gasteiger partial charge in [0.05, 0.1) is 48.1 Å². The van der Waals surface area contributed by atoms with E-state index in [4.69, 9.17) is 9.47 Å². The second kappa shape index (κ2) is 8.75. The molecule has 0 spiro atoms. The first kappa shape index (κ1) is 21.7. The number of hydrogen-bond acceptors (Lipinski definition) is 7. The summed E-state index contributed by atoms with van der Waals surface area (Å²) in [4.78, 5) is 23.9. The molecule has 9 heteroatoms. The molecule has 2 aromatic carbocycles. The van der Waals surface area contributed by atoms with E-state index in [0.717, 1.165) is 41.1 Å². The second-order valence-electron chi connectivity index (χ2n) is 8.48. The third kappa shape index (κ3) is 3.82. The Balaban J connectivity index is 1.45. The van der Waals surface area contributed by atoms with E-state index in [1.807, 2.05) is 53.9 Å². The summed E-state index contributed by atoms with van der Waals surface area (Å²) in [6.07, 6.45) is 0. The molecule has 35 heavy (non-hydrogen) atoms. The highest BCUT2D eigenvalue weighted by molar-refractivity contribution is 7.17. The van der Waals surface area contributed by atoms with Crippen molar-refractivity contribution in [3.8, 4) is 22.9 Å². The van der Waals surface area contributed by atoms with Gasteiger partial charge in [-0.05, 0) is 47.3 Å². The van der Waals surface area contributed by atoms with Crippen LogP contribution in [0.5, 0.6) is 11.5 Å². The Morgan fingerprint density at radius 3 is 2.71 bits per heavy atom. The zero-order chi connectivity index (χ0) is 23.9. The lowest BCUT2D eigenvalue weighted by Crippen LogP contribution is -2.36. The van der Waals surface area contributed by atoms with Crippen LogP contribution in [0.1, 0.15) is 5.56 Å². The average Bonchev–Trinajstić information content (AvgIpc) is 3.55. The highest BCUT2D eigenvalue weighted by Gasteiger charge is 2.22. The number of thiophene rings is 1. The van der Waals surface area contributed by atoms with Crippen LogP contribution in [-0.2, 0) is 11.3 Å². The van der Waals surface area contributed by atoms with Gasteiger partial charge in [0.15, 0.2) is 5.75 Å². The van der Waals surface area contributed by atoms with Crippen LogP contribution in [0.3, 0.4) is 0 Å². The Labute approximate surface area is 205 Å². The van der Waals surface area contributed by atoms with Gasteiger partial charge in [0.1, 0.15) is 17.1 Å². The highest BCUT2D eigenvalue weighted by Crippen LogP contribution is 2.36. The smallest absolute Gasteiger partial charge is 0.266 e. The molecule has 0 saturated carbocycles. The molecule has 2 N–H and O–H groups in total. The molecule has 4 heterocycles. The molecule has 8 nitrogen and oxygen atoms in total. The summed E-state index contributed by atoms with van der Waals surface area (Å²) < 4.78 is 13.1. The van der Waals surface area contributed by atoms with Crippen LogP contribution in [0.15, 0.2) is 58.7 Å². The van der Waals surface area contributed by atoms with Crippen molar-refractivity contribution in [2.24, 2.45) is 0 Å². The zero-order valence-corrected chi connectivity index (χ0v) is 20.0. The maximum absolute atomic E-state index is 13.7. The lowest BCUT2D eigenvalue weighted by Gasteiger charge is -2.28. The molecule has 1 fully saturated rings. The van der Waals surface area contributed by atoms with Crippen molar-refractivity contribution in [2.45, 2.75) is 6.54 Å². The van der Waals surface area contributed by atoms with Gasteiger partial charge in [-0.2, -0.15) is 0 Å². The summed E-state index contributed by atoms with van der Waals surface area (Å²) in [7, 11) is 1.62. The SMILES string of the molecule is COc1ccc(Cn2c(=O)c(-c3nc4ccc(N5CCOCC5)cc4[nH]3)c(O)c3sccc32)cc1. The zero-order valence-electron chi connectivity index (χ0n) is 19.2. The molecule has 3 aromatic heterocycles. The molecule has 5 aromatic rings. The topological polar surface area (TPSA) is 92.6 Å². The molecule has 1 saturated heterocycles. The van der Waals surface area contributed by atoms with Crippen LogP contribution < -0.4 is 15.2 Å². The van der Waals surface area contributed by atoms with Crippen LogP contribution in [0, 0.1) is 0 Å². The van der Waals surface area contributed by atoms with Gasteiger partial charge in [-0.15, -0.1) is 11.3 Å². The number of nitrogens with zero attached hydrogens (tertiary/aromatic N) is 3.